The van der Waals surface area contributed by atoms with Crippen LogP contribution in [0, 0.1) is 0 Å². The fourth-order valence-corrected chi connectivity index (χ4v) is 3.55. The first-order valence-electron chi connectivity index (χ1n) is 9.15. The standard InChI is InChI=1S/C20H26BrN3O3.2ClH/c1-25-19-12-17(14-23-5-6-24-7-9-26-10-8-24)11-18(21)20(19)27-15-16-3-2-4-22-13-16;;/h2-4,11-13,23H,5-10,14-15H2,1H3;2*1H/p-2. The fraction of sp³-hybridized carbons (Fsp3) is 0.450. The summed E-state index contributed by atoms with van der Waals surface area (Å²) in [6.45, 7) is 6.92. The number of ether oxygens (including phenoxy) is 3. The largest absolute Gasteiger partial charge is 1.00 e. The molecule has 6 nitrogen and oxygen atoms in total. The molecule has 0 spiro atoms. The Morgan fingerprint density at radius 2 is 2.00 bits per heavy atom. The molecule has 0 saturated carbocycles. The van der Waals surface area contributed by atoms with Gasteiger partial charge in [-0.25, -0.2) is 0 Å². The smallest absolute Gasteiger partial charge is 0.175 e. The zero-order valence-electron chi connectivity index (χ0n) is 16.4. The minimum atomic E-state index is 0. The number of nitrogens with zero attached hydrogens (tertiary/aromatic N) is 2. The zero-order chi connectivity index (χ0) is 18.9. The molecule has 29 heavy (non-hydrogen) atoms. The predicted octanol–water partition coefficient (Wildman–Crippen LogP) is -3.14. The van der Waals surface area contributed by atoms with Crippen LogP contribution >= 0.6 is 15.9 Å². The monoisotopic (exact) mass is 505 g/mol. The zero-order valence-corrected chi connectivity index (χ0v) is 19.5. The summed E-state index contributed by atoms with van der Waals surface area (Å²) < 4.78 is 17.8. The molecule has 1 saturated heterocycles. The first kappa shape index (κ1) is 25.9. The van der Waals surface area contributed by atoms with E-state index < -0.39 is 0 Å². The van der Waals surface area contributed by atoms with Crippen LogP contribution in [0.25, 0.3) is 0 Å². The van der Waals surface area contributed by atoms with Crippen molar-refractivity contribution in [2.24, 2.45) is 0 Å². The van der Waals surface area contributed by atoms with Crippen LogP contribution in [0.15, 0.2) is 41.1 Å². The van der Waals surface area contributed by atoms with Crippen molar-refractivity contribution in [3.05, 3.63) is 52.3 Å². The van der Waals surface area contributed by atoms with E-state index in [0.29, 0.717) is 12.4 Å². The van der Waals surface area contributed by atoms with E-state index in [0.717, 1.165) is 67.3 Å². The van der Waals surface area contributed by atoms with E-state index in [9.17, 15) is 0 Å². The van der Waals surface area contributed by atoms with E-state index in [-0.39, 0.29) is 24.8 Å². The molecule has 1 fully saturated rings. The van der Waals surface area contributed by atoms with Crippen molar-refractivity contribution in [2.75, 3.05) is 46.5 Å². The average molecular weight is 507 g/mol. The van der Waals surface area contributed by atoms with E-state index in [1.54, 1.807) is 19.5 Å². The first-order valence-corrected chi connectivity index (χ1v) is 9.94. The fourth-order valence-electron chi connectivity index (χ4n) is 2.95. The number of nitrogens with one attached hydrogen (secondary N) is 1. The first-order chi connectivity index (χ1) is 13.3. The number of halogens is 3. The van der Waals surface area contributed by atoms with E-state index in [4.69, 9.17) is 14.2 Å². The Labute approximate surface area is 193 Å². The molecule has 9 heteroatoms. The molecule has 3 rings (SSSR count). The number of methoxy groups -OCH3 is 1. The van der Waals surface area contributed by atoms with Crippen LogP contribution in [0.1, 0.15) is 11.1 Å². The Kier molecular flexibility index (Phi) is 12.5. The normalized spacial score (nSPS) is 13.9. The summed E-state index contributed by atoms with van der Waals surface area (Å²) in [6, 6.07) is 7.98. The summed E-state index contributed by atoms with van der Waals surface area (Å²) in [5.41, 5.74) is 2.16. The molecule has 0 amide bonds. The summed E-state index contributed by atoms with van der Waals surface area (Å²) in [5.74, 6) is 1.43. The van der Waals surface area contributed by atoms with Gasteiger partial charge >= 0.3 is 0 Å². The van der Waals surface area contributed by atoms with Crippen molar-refractivity contribution in [1.29, 1.82) is 0 Å². The highest BCUT2D eigenvalue weighted by Crippen LogP contribution is 2.37. The number of benzene rings is 1. The topological polar surface area (TPSA) is 55.9 Å². The van der Waals surface area contributed by atoms with Gasteiger partial charge in [-0.05, 0) is 39.7 Å². The van der Waals surface area contributed by atoms with Crippen LogP contribution in [-0.2, 0) is 17.9 Å². The highest BCUT2D eigenvalue weighted by atomic mass is 79.9. The Hall–Kier alpha value is -1.09. The lowest BCUT2D eigenvalue weighted by Gasteiger charge is -2.26. The Morgan fingerprint density at radius 1 is 1.21 bits per heavy atom. The van der Waals surface area contributed by atoms with Crippen molar-refractivity contribution in [1.82, 2.24) is 15.2 Å². The van der Waals surface area contributed by atoms with Crippen LogP contribution < -0.4 is 39.6 Å². The van der Waals surface area contributed by atoms with Gasteiger partial charge in [0.15, 0.2) is 11.5 Å². The van der Waals surface area contributed by atoms with Gasteiger partial charge in [0.1, 0.15) is 6.61 Å². The van der Waals surface area contributed by atoms with Crippen molar-refractivity contribution in [2.45, 2.75) is 13.2 Å². The van der Waals surface area contributed by atoms with Gasteiger partial charge in [-0.3, -0.25) is 9.88 Å². The molecule has 0 aliphatic carbocycles. The molecule has 0 radical (unpaired) electrons. The summed E-state index contributed by atoms with van der Waals surface area (Å²) >= 11 is 3.61. The molecular weight excluding hydrogens is 481 g/mol. The van der Waals surface area contributed by atoms with Gasteiger partial charge in [0.05, 0.1) is 24.8 Å². The van der Waals surface area contributed by atoms with Crippen LogP contribution in [0.2, 0.25) is 0 Å². The SMILES string of the molecule is COc1cc(CNCCN2CCOCC2)cc(Br)c1OCc1cccnc1.[Cl-].[Cl-]. The molecule has 0 bridgehead atoms. The molecule has 1 aromatic carbocycles. The van der Waals surface area contributed by atoms with Crippen LogP contribution in [-0.4, -0.2) is 56.4 Å². The molecule has 0 unspecified atom stereocenters. The second-order valence-electron chi connectivity index (χ2n) is 6.39. The van der Waals surface area contributed by atoms with Crippen molar-refractivity contribution >= 4 is 15.9 Å². The second kappa shape index (κ2) is 14.0. The maximum Gasteiger partial charge on any atom is 0.175 e. The minimum absolute atomic E-state index is 0. The van der Waals surface area contributed by atoms with Crippen LogP contribution in [0.5, 0.6) is 11.5 Å². The maximum absolute atomic E-state index is 5.95. The highest BCUT2D eigenvalue weighted by Gasteiger charge is 2.13. The number of rotatable bonds is 9. The van der Waals surface area contributed by atoms with Gasteiger partial charge in [-0.1, -0.05) is 6.07 Å². The lowest BCUT2D eigenvalue weighted by atomic mass is 10.2. The lowest BCUT2D eigenvalue weighted by Crippen LogP contribution is -3.00. The molecule has 162 valence electrons. The molecule has 1 aliphatic rings. The third-order valence-electron chi connectivity index (χ3n) is 4.43. The molecular formula is C20H26BrCl2N3O3-2. The number of hydrogen-bond acceptors (Lipinski definition) is 6. The predicted molar refractivity (Wildman–Crippen MR) is 108 cm³/mol. The molecule has 2 aromatic rings. The third kappa shape index (κ3) is 8.28. The number of morpholine rings is 1. The van der Waals surface area contributed by atoms with E-state index in [2.05, 4.69) is 37.2 Å². The Balaban J connectivity index is 0.00000210. The van der Waals surface area contributed by atoms with E-state index in [1.165, 1.54) is 0 Å². The minimum Gasteiger partial charge on any atom is -1.00 e. The van der Waals surface area contributed by atoms with Gasteiger partial charge in [0.25, 0.3) is 0 Å². The third-order valence-corrected chi connectivity index (χ3v) is 5.02. The average Bonchev–Trinajstić information content (AvgIpc) is 2.71. The van der Waals surface area contributed by atoms with Crippen LogP contribution in [0.4, 0.5) is 0 Å². The van der Waals surface area contributed by atoms with Gasteiger partial charge in [0.2, 0.25) is 0 Å². The number of aromatic nitrogens is 1. The highest BCUT2D eigenvalue weighted by molar-refractivity contribution is 9.10. The second-order valence-corrected chi connectivity index (χ2v) is 7.24. The van der Waals surface area contributed by atoms with Gasteiger partial charge in [0, 0.05) is 50.7 Å². The Morgan fingerprint density at radius 3 is 2.69 bits per heavy atom. The summed E-state index contributed by atoms with van der Waals surface area (Å²) in [4.78, 5) is 6.53. The quantitative estimate of drug-likeness (QED) is 0.363. The lowest BCUT2D eigenvalue weighted by molar-refractivity contribution is -0.001000. The van der Waals surface area contributed by atoms with Crippen molar-refractivity contribution in [3.8, 4) is 11.5 Å². The molecule has 1 N–H and O–H groups in total. The molecule has 1 aliphatic heterocycles. The summed E-state index contributed by atoms with van der Waals surface area (Å²) in [5, 5.41) is 3.50. The summed E-state index contributed by atoms with van der Waals surface area (Å²) in [7, 11) is 1.66. The Bertz CT molecular complexity index is 720. The van der Waals surface area contributed by atoms with Gasteiger partial charge in [-0.2, -0.15) is 0 Å². The van der Waals surface area contributed by atoms with Crippen molar-refractivity contribution < 1.29 is 39.0 Å². The number of hydrogen-bond donors (Lipinski definition) is 1. The van der Waals surface area contributed by atoms with Gasteiger partial charge < -0.3 is 44.3 Å². The van der Waals surface area contributed by atoms with Crippen molar-refractivity contribution in [3.63, 3.8) is 0 Å². The van der Waals surface area contributed by atoms with Gasteiger partial charge in [-0.15, -0.1) is 0 Å². The molecule has 2 heterocycles. The van der Waals surface area contributed by atoms with E-state index in [1.807, 2.05) is 18.2 Å². The molecule has 0 atom stereocenters. The van der Waals surface area contributed by atoms with Crippen LogP contribution in [0.3, 0.4) is 0 Å². The van der Waals surface area contributed by atoms with E-state index >= 15 is 0 Å². The summed E-state index contributed by atoms with van der Waals surface area (Å²) in [6.07, 6.45) is 3.55. The molecule has 1 aromatic heterocycles. The number of pyridine rings is 1. The maximum atomic E-state index is 5.95.